The van der Waals surface area contributed by atoms with Gasteiger partial charge in [-0.05, 0) is 61.8 Å². The van der Waals surface area contributed by atoms with Crippen molar-refractivity contribution in [3.8, 4) is 5.75 Å². The first-order chi connectivity index (χ1) is 9.14. The maximum Gasteiger partial charge on any atom is 0.240 e. The minimum Gasteiger partial charge on any atom is -0.629 e. The highest BCUT2D eigenvalue weighted by Gasteiger charge is 2.60. The van der Waals surface area contributed by atoms with E-state index in [2.05, 4.69) is 15.9 Å². The van der Waals surface area contributed by atoms with Gasteiger partial charge in [0, 0.05) is 0 Å². The molecule has 0 aliphatic carbocycles. The fourth-order valence-electron chi connectivity index (χ4n) is 2.62. The molecule has 0 saturated carbocycles. The largest absolute Gasteiger partial charge is 0.629 e. The zero-order chi connectivity index (χ0) is 15.3. The third kappa shape index (κ3) is 2.07. The molecule has 1 aromatic rings. The highest BCUT2D eigenvalue weighted by atomic mass is 79.9. The van der Waals surface area contributed by atoms with Gasteiger partial charge in [0.2, 0.25) is 6.17 Å². The minimum absolute atomic E-state index is 0.00966. The summed E-state index contributed by atoms with van der Waals surface area (Å²) in [5, 5.41) is 25.3. The molecule has 1 saturated heterocycles. The third-order valence-corrected chi connectivity index (χ3v) is 5.45. The zero-order valence-electron chi connectivity index (χ0n) is 12.4. The van der Waals surface area contributed by atoms with E-state index in [9.17, 15) is 10.4 Å². The Labute approximate surface area is 127 Å². The summed E-state index contributed by atoms with van der Waals surface area (Å²) in [5.41, 5.74) is -0.575. The molecule has 2 N–H and O–H groups in total. The Bertz CT molecular complexity index is 499. The van der Waals surface area contributed by atoms with E-state index >= 15 is 0 Å². The summed E-state index contributed by atoms with van der Waals surface area (Å²) < 4.78 is 5.93. The van der Waals surface area contributed by atoms with Crippen LogP contribution in [0.2, 0.25) is 0 Å². The normalized spacial score (nSPS) is 31.3. The minimum atomic E-state index is -0.679. The van der Waals surface area contributed by atoms with Gasteiger partial charge >= 0.3 is 0 Å². The molecule has 1 aliphatic rings. The molecular formula is C14H21BrN2O3. The first kappa shape index (κ1) is 15.7. The van der Waals surface area contributed by atoms with Crippen LogP contribution in [0, 0.1) is 10.4 Å². The van der Waals surface area contributed by atoms with Gasteiger partial charge in [0.25, 0.3) is 0 Å². The summed E-state index contributed by atoms with van der Waals surface area (Å²) in [6, 6.07) is 5.37. The van der Waals surface area contributed by atoms with Gasteiger partial charge in [0.1, 0.15) is 5.75 Å². The first-order valence-electron chi connectivity index (χ1n) is 6.56. The van der Waals surface area contributed by atoms with Crippen molar-refractivity contribution in [3.63, 3.8) is 0 Å². The van der Waals surface area contributed by atoms with Crippen LogP contribution < -0.4 is 14.9 Å². The monoisotopic (exact) mass is 344 g/mol. The predicted octanol–water partition coefficient (Wildman–Crippen LogP) is 0.793. The van der Waals surface area contributed by atoms with Crippen LogP contribution in [-0.4, -0.2) is 18.2 Å². The quantitative estimate of drug-likeness (QED) is 0.779. The summed E-state index contributed by atoms with van der Waals surface area (Å²) in [4.78, 5) is 0. The molecule has 1 fully saturated rings. The number of rotatable bonds is 2. The van der Waals surface area contributed by atoms with E-state index in [1.807, 2.05) is 27.7 Å². The Balaban J connectivity index is 2.46. The summed E-state index contributed by atoms with van der Waals surface area (Å²) in [7, 11) is 1.58. The maximum absolute atomic E-state index is 12.7. The fraction of sp³-hybridized carbons (Fsp3) is 0.571. The standard InChI is InChI=1S/C14H21BrN2O3/c1-13(2)14(3,4)17(19)12(16(13)18)9-6-7-11(20-5)10(15)8-9/h6-8,12,16-17H,1-5H3. The lowest BCUT2D eigenvalue weighted by molar-refractivity contribution is -1.05. The Kier molecular flexibility index (Phi) is 3.90. The van der Waals surface area contributed by atoms with Crippen molar-refractivity contribution < 1.29 is 14.9 Å². The number of hydrogen-bond donors (Lipinski definition) is 2. The van der Waals surface area contributed by atoms with Crippen LogP contribution in [0.25, 0.3) is 0 Å². The van der Waals surface area contributed by atoms with Gasteiger partial charge in [0.05, 0.1) is 17.1 Å². The van der Waals surface area contributed by atoms with Crippen molar-refractivity contribution in [1.29, 1.82) is 0 Å². The number of ether oxygens (including phenoxy) is 1. The average Bonchev–Trinajstić information content (AvgIpc) is 2.49. The molecule has 1 aromatic carbocycles. The summed E-state index contributed by atoms with van der Waals surface area (Å²) in [6.07, 6.45) is -0.679. The van der Waals surface area contributed by atoms with Crippen molar-refractivity contribution in [3.05, 3.63) is 38.6 Å². The number of nitrogens with one attached hydrogen (secondary N) is 2. The molecule has 112 valence electrons. The lowest BCUT2D eigenvalue weighted by Gasteiger charge is -2.37. The van der Waals surface area contributed by atoms with Gasteiger partial charge in [-0.3, -0.25) is 0 Å². The van der Waals surface area contributed by atoms with Crippen LogP contribution in [-0.2, 0) is 0 Å². The van der Waals surface area contributed by atoms with E-state index < -0.39 is 17.2 Å². The van der Waals surface area contributed by atoms with Crippen LogP contribution in [0.4, 0.5) is 0 Å². The van der Waals surface area contributed by atoms with E-state index in [4.69, 9.17) is 4.74 Å². The number of quaternary nitrogens is 2. The number of methoxy groups -OCH3 is 1. The highest BCUT2D eigenvalue weighted by molar-refractivity contribution is 9.10. The van der Waals surface area contributed by atoms with Gasteiger partial charge in [0.15, 0.2) is 11.1 Å². The molecule has 0 amide bonds. The SMILES string of the molecule is COc1ccc(C2[NH+]([O-])C(C)(C)C(C)(C)[NH+]2[O-])cc1Br. The smallest absolute Gasteiger partial charge is 0.240 e. The van der Waals surface area contributed by atoms with Gasteiger partial charge in [-0.1, -0.05) is 0 Å². The second-order valence-electron chi connectivity index (χ2n) is 6.31. The highest BCUT2D eigenvalue weighted by Crippen LogP contribution is 2.29. The molecular weight excluding hydrogens is 324 g/mol. The van der Waals surface area contributed by atoms with E-state index in [0.29, 0.717) is 5.75 Å². The number of hydrogen-bond acceptors (Lipinski definition) is 3. The summed E-state index contributed by atoms with van der Waals surface area (Å²) in [5.74, 6) is 0.685. The second kappa shape index (κ2) is 4.96. The Morgan fingerprint density at radius 1 is 1.10 bits per heavy atom. The summed E-state index contributed by atoms with van der Waals surface area (Å²) >= 11 is 3.40. The average molecular weight is 345 g/mol. The summed E-state index contributed by atoms with van der Waals surface area (Å²) in [6.45, 7) is 7.41. The van der Waals surface area contributed by atoms with E-state index in [1.165, 1.54) is 0 Å². The van der Waals surface area contributed by atoms with E-state index in [1.54, 1.807) is 25.3 Å². The topological polar surface area (TPSA) is 64.2 Å². The van der Waals surface area contributed by atoms with Gasteiger partial charge in [-0.25, -0.2) is 0 Å². The molecule has 0 spiro atoms. The van der Waals surface area contributed by atoms with Crippen LogP contribution in [0.1, 0.15) is 39.4 Å². The molecule has 1 heterocycles. The van der Waals surface area contributed by atoms with E-state index in [-0.39, 0.29) is 10.1 Å². The fourth-order valence-corrected chi connectivity index (χ4v) is 3.18. The lowest BCUT2D eigenvalue weighted by atomic mass is 9.84. The molecule has 2 rings (SSSR count). The Hall–Kier alpha value is -0.660. The van der Waals surface area contributed by atoms with Crippen LogP contribution in [0.3, 0.4) is 0 Å². The van der Waals surface area contributed by atoms with Crippen molar-refractivity contribution in [2.24, 2.45) is 0 Å². The number of benzene rings is 1. The van der Waals surface area contributed by atoms with E-state index in [0.717, 1.165) is 10.0 Å². The molecule has 0 aromatic heterocycles. The van der Waals surface area contributed by atoms with Crippen LogP contribution in [0.5, 0.6) is 5.75 Å². The van der Waals surface area contributed by atoms with Gasteiger partial charge < -0.3 is 25.3 Å². The van der Waals surface area contributed by atoms with Gasteiger partial charge in [-0.2, -0.15) is 0 Å². The second-order valence-corrected chi connectivity index (χ2v) is 7.16. The Morgan fingerprint density at radius 3 is 2.00 bits per heavy atom. The van der Waals surface area contributed by atoms with Crippen LogP contribution in [0.15, 0.2) is 22.7 Å². The molecule has 20 heavy (non-hydrogen) atoms. The molecule has 0 bridgehead atoms. The first-order valence-corrected chi connectivity index (χ1v) is 7.36. The molecule has 2 unspecified atom stereocenters. The van der Waals surface area contributed by atoms with Crippen molar-refractivity contribution >= 4 is 15.9 Å². The molecule has 1 aliphatic heterocycles. The number of halogens is 1. The third-order valence-electron chi connectivity index (χ3n) is 4.83. The molecule has 5 nitrogen and oxygen atoms in total. The zero-order valence-corrected chi connectivity index (χ0v) is 14.0. The molecule has 6 heteroatoms. The lowest BCUT2D eigenvalue weighted by Crippen LogP contribution is -3.22. The maximum atomic E-state index is 12.7. The van der Waals surface area contributed by atoms with Crippen molar-refractivity contribution in [1.82, 2.24) is 0 Å². The van der Waals surface area contributed by atoms with Crippen LogP contribution >= 0.6 is 15.9 Å². The molecule has 2 atom stereocenters. The van der Waals surface area contributed by atoms with Crippen molar-refractivity contribution in [2.45, 2.75) is 44.9 Å². The number of hydroxylamine groups is 4. The Morgan fingerprint density at radius 2 is 1.60 bits per heavy atom. The van der Waals surface area contributed by atoms with Gasteiger partial charge in [-0.15, -0.1) is 0 Å². The molecule has 0 radical (unpaired) electrons. The predicted molar refractivity (Wildman–Crippen MR) is 80.3 cm³/mol. The van der Waals surface area contributed by atoms with Crippen molar-refractivity contribution in [2.75, 3.05) is 7.11 Å².